The van der Waals surface area contributed by atoms with Crippen LogP contribution >= 0.6 is 11.8 Å². The van der Waals surface area contributed by atoms with Crippen LogP contribution in [0.25, 0.3) is 0 Å². The molecule has 0 aliphatic heterocycles. The van der Waals surface area contributed by atoms with Crippen molar-refractivity contribution in [2.24, 2.45) is 0 Å². The van der Waals surface area contributed by atoms with Crippen LogP contribution in [0.3, 0.4) is 0 Å². The molecule has 2 heteroatoms. The van der Waals surface area contributed by atoms with Crippen molar-refractivity contribution in [3.63, 3.8) is 0 Å². The van der Waals surface area contributed by atoms with Crippen LogP contribution in [0.4, 0.5) is 0 Å². The first kappa shape index (κ1) is 15.6. The van der Waals surface area contributed by atoms with Crippen LogP contribution in [0.5, 0.6) is 0 Å². The van der Waals surface area contributed by atoms with Gasteiger partial charge in [0.1, 0.15) is 0 Å². The van der Waals surface area contributed by atoms with Gasteiger partial charge in [0.15, 0.2) is 0 Å². The van der Waals surface area contributed by atoms with E-state index in [1.165, 1.54) is 34.4 Å². The molecule has 1 aromatic rings. The van der Waals surface area contributed by atoms with E-state index in [0.717, 1.165) is 13.0 Å². The first-order valence-corrected chi connectivity index (χ1v) is 8.26. The predicted octanol–water partition coefficient (Wildman–Crippen LogP) is 3.89. The molecule has 0 saturated carbocycles. The van der Waals surface area contributed by atoms with Crippen molar-refractivity contribution in [2.45, 2.75) is 46.6 Å². The Hall–Kier alpha value is -0.470. The van der Waals surface area contributed by atoms with E-state index in [1.807, 2.05) is 11.8 Å². The van der Waals surface area contributed by atoms with Gasteiger partial charge in [-0.25, -0.2) is 0 Å². The van der Waals surface area contributed by atoms with E-state index < -0.39 is 0 Å². The molecule has 0 aliphatic rings. The lowest BCUT2D eigenvalue weighted by Gasteiger charge is -2.20. The van der Waals surface area contributed by atoms with Crippen molar-refractivity contribution in [1.82, 2.24) is 5.32 Å². The summed E-state index contributed by atoms with van der Waals surface area (Å²) in [5.74, 6) is 1.24. The monoisotopic (exact) mass is 265 g/mol. The van der Waals surface area contributed by atoms with Crippen molar-refractivity contribution >= 4 is 11.8 Å². The average Bonchev–Trinajstić information content (AvgIpc) is 2.30. The molecule has 0 fully saturated rings. The van der Waals surface area contributed by atoms with Gasteiger partial charge in [-0.3, -0.25) is 0 Å². The van der Waals surface area contributed by atoms with Crippen LogP contribution in [0.1, 0.15) is 35.6 Å². The Labute approximate surface area is 117 Å². The zero-order chi connectivity index (χ0) is 13.5. The lowest BCUT2D eigenvalue weighted by atomic mass is 9.93. The van der Waals surface area contributed by atoms with Gasteiger partial charge in [-0.1, -0.05) is 24.6 Å². The molecule has 1 nitrogen and oxygen atoms in total. The summed E-state index contributed by atoms with van der Waals surface area (Å²) in [5.41, 5.74) is 5.80. The highest BCUT2D eigenvalue weighted by atomic mass is 32.2. The Bertz CT molecular complexity index is 350. The minimum atomic E-state index is 0.613. The molecular formula is C16H27NS. The molecule has 0 aromatic heterocycles. The Morgan fingerprint density at radius 2 is 1.78 bits per heavy atom. The summed E-state index contributed by atoms with van der Waals surface area (Å²) in [5, 5.41) is 3.62. The number of benzene rings is 1. The molecule has 0 spiro atoms. The lowest BCUT2D eigenvalue weighted by Crippen LogP contribution is -2.32. The molecule has 0 bridgehead atoms. The highest BCUT2D eigenvalue weighted by Crippen LogP contribution is 2.19. The van der Waals surface area contributed by atoms with Crippen LogP contribution < -0.4 is 5.32 Å². The Morgan fingerprint density at radius 3 is 2.28 bits per heavy atom. The molecule has 1 unspecified atom stereocenters. The quantitative estimate of drug-likeness (QED) is 0.803. The van der Waals surface area contributed by atoms with E-state index in [2.05, 4.69) is 51.4 Å². The van der Waals surface area contributed by atoms with Gasteiger partial charge in [0.05, 0.1) is 0 Å². The van der Waals surface area contributed by atoms with Crippen LogP contribution in [0.2, 0.25) is 0 Å². The molecule has 0 amide bonds. The second-order valence-electron chi connectivity index (χ2n) is 5.12. The second kappa shape index (κ2) is 7.85. The van der Waals surface area contributed by atoms with Gasteiger partial charge >= 0.3 is 0 Å². The van der Waals surface area contributed by atoms with Crippen LogP contribution in [0.15, 0.2) is 12.1 Å². The van der Waals surface area contributed by atoms with Gasteiger partial charge < -0.3 is 5.32 Å². The van der Waals surface area contributed by atoms with Crippen molar-refractivity contribution in [2.75, 3.05) is 18.6 Å². The fourth-order valence-electron chi connectivity index (χ4n) is 2.60. The molecule has 1 atom stereocenters. The van der Waals surface area contributed by atoms with E-state index in [-0.39, 0.29) is 0 Å². The number of hydrogen-bond donors (Lipinski definition) is 1. The van der Waals surface area contributed by atoms with Gasteiger partial charge in [0.25, 0.3) is 0 Å². The molecule has 0 saturated heterocycles. The number of hydrogen-bond acceptors (Lipinski definition) is 2. The third-order valence-corrected chi connectivity index (χ3v) is 4.10. The zero-order valence-corrected chi connectivity index (χ0v) is 13.3. The summed E-state index contributed by atoms with van der Waals surface area (Å²) in [6, 6.07) is 5.22. The largest absolute Gasteiger partial charge is 0.314 e. The minimum absolute atomic E-state index is 0.613. The summed E-state index contributed by atoms with van der Waals surface area (Å²) in [6.07, 6.45) is 4.60. The predicted molar refractivity (Wildman–Crippen MR) is 84.8 cm³/mol. The lowest BCUT2D eigenvalue weighted by molar-refractivity contribution is 0.512. The second-order valence-corrected chi connectivity index (χ2v) is 6.10. The number of aryl methyl sites for hydroxylation is 3. The van der Waals surface area contributed by atoms with Gasteiger partial charge in [0, 0.05) is 6.04 Å². The number of rotatable bonds is 7. The summed E-state index contributed by atoms with van der Waals surface area (Å²) >= 11 is 1.94. The van der Waals surface area contributed by atoms with Crippen molar-refractivity contribution in [3.05, 3.63) is 34.4 Å². The van der Waals surface area contributed by atoms with Crippen molar-refractivity contribution in [3.8, 4) is 0 Å². The van der Waals surface area contributed by atoms with Gasteiger partial charge in [-0.15, -0.1) is 0 Å². The summed E-state index contributed by atoms with van der Waals surface area (Å²) < 4.78 is 0. The summed E-state index contributed by atoms with van der Waals surface area (Å²) in [7, 11) is 0. The van der Waals surface area contributed by atoms with Crippen LogP contribution in [-0.4, -0.2) is 24.6 Å². The smallest absolute Gasteiger partial charge is 0.0115 e. The maximum atomic E-state index is 3.62. The van der Waals surface area contributed by atoms with Gasteiger partial charge in [0.2, 0.25) is 0 Å². The highest BCUT2D eigenvalue weighted by Gasteiger charge is 2.12. The first-order chi connectivity index (χ1) is 8.58. The van der Waals surface area contributed by atoms with E-state index in [9.17, 15) is 0 Å². The fourth-order valence-corrected chi connectivity index (χ4v) is 3.12. The Kier molecular flexibility index (Phi) is 6.80. The Morgan fingerprint density at radius 1 is 1.17 bits per heavy atom. The minimum Gasteiger partial charge on any atom is -0.314 e. The van der Waals surface area contributed by atoms with Crippen molar-refractivity contribution < 1.29 is 0 Å². The van der Waals surface area contributed by atoms with E-state index >= 15 is 0 Å². The fraction of sp³-hybridized carbons (Fsp3) is 0.625. The number of likely N-dealkylation sites (N-methyl/N-ethyl adjacent to an activating group) is 1. The molecule has 1 aromatic carbocycles. The van der Waals surface area contributed by atoms with E-state index in [4.69, 9.17) is 0 Å². The van der Waals surface area contributed by atoms with Gasteiger partial charge in [-0.2, -0.15) is 11.8 Å². The normalized spacial score (nSPS) is 12.7. The van der Waals surface area contributed by atoms with Crippen LogP contribution in [-0.2, 0) is 6.42 Å². The van der Waals surface area contributed by atoms with Gasteiger partial charge in [-0.05, 0) is 68.9 Å². The zero-order valence-electron chi connectivity index (χ0n) is 12.5. The van der Waals surface area contributed by atoms with Crippen molar-refractivity contribution in [1.29, 1.82) is 0 Å². The molecule has 18 heavy (non-hydrogen) atoms. The molecule has 1 N–H and O–H groups in total. The maximum Gasteiger partial charge on any atom is 0.0115 e. The van der Waals surface area contributed by atoms with E-state index in [1.54, 1.807) is 0 Å². The average molecular weight is 265 g/mol. The highest BCUT2D eigenvalue weighted by molar-refractivity contribution is 7.98. The molecule has 0 radical (unpaired) electrons. The maximum absolute atomic E-state index is 3.62. The van der Waals surface area contributed by atoms with E-state index in [0.29, 0.717) is 6.04 Å². The number of thioether (sulfide) groups is 1. The Balaban J connectivity index is 2.79. The SMILES string of the molecule is CCNC(CCSC)Cc1c(C)cc(C)cc1C. The number of nitrogens with one attached hydrogen (secondary N) is 1. The molecule has 1 rings (SSSR count). The molecule has 0 heterocycles. The third kappa shape index (κ3) is 4.66. The first-order valence-electron chi connectivity index (χ1n) is 6.87. The van der Waals surface area contributed by atoms with Crippen LogP contribution in [0, 0.1) is 20.8 Å². The third-order valence-electron chi connectivity index (χ3n) is 3.45. The molecule has 102 valence electrons. The summed E-state index contributed by atoms with van der Waals surface area (Å²) in [6.45, 7) is 9.92. The standard InChI is InChI=1S/C16H27NS/c1-6-17-15(7-8-18-5)11-16-13(3)9-12(2)10-14(16)4/h9-10,15,17H,6-8,11H2,1-5H3. The molecule has 0 aliphatic carbocycles. The topological polar surface area (TPSA) is 12.0 Å². The molecular weight excluding hydrogens is 238 g/mol. The summed E-state index contributed by atoms with van der Waals surface area (Å²) in [4.78, 5) is 0.